The Morgan fingerprint density at radius 3 is 2.22 bits per heavy atom. The summed E-state index contributed by atoms with van der Waals surface area (Å²) in [5.41, 5.74) is 3.79. The fourth-order valence-corrected chi connectivity index (χ4v) is 3.08. The van der Waals surface area contributed by atoms with Gasteiger partial charge in [-0.1, -0.05) is 60.7 Å². The average molecular weight is 363 g/mol. The molecule has 0 bridgehead atoms. The maximum absolute atomic E-state index is 12.3. The number of rotatable bonds is 7. The Bertz CT molecular complexity index is 816. The summed E-state index contributed by atoms with van der Waals surface area (Å²) in [4.78, 5) is 22.3. The van der Waals surface area contributed by atoms with Crippen molar-refractivity contribution >= 4 is 5.97 Å². The third-order valence-electron chi connectivity index (χ3n) is 4.13. The lowest BCUT2D eigenvalue weighted by Gasteiger charge is -2.17. The van der Waals surface area contributed by atoms with E-state index < -0.39 is 0 Å². The van der Waals surface area contributed by atoms with E-state index in [9.17, 15) is 4.79 Å². The zero-order chi connectivity index (χ0) is 19.2. The molecule has 0 fully saturated rings. The van der Waals surface area contributed by atoms with Crippen LogP contribution in [0.15, 0.2) is 60.7 Å². The molecule has 0 saturated carbocycles. The van der Waals surface area contributed by atoms with Crippen molar-refractivity contribution in [2.75, 3.05) is 20.6 Å². The van der Waals surface area contributed by atoms with Gasteiger partial charge in [0.05, 0.1) is 11.4 Å². The van der Waals surface area contributed by atoms with Crippen molar-refractivity contribution in [1.29, 1.82) is 0 Å². The number of likely N-dealkylation sites (N-methyl/N-ethyl adjacent to an activating group) is 1. The summed E-state index contributed by atoms with van der Waals surface area (Å²) in [5, 5.41) is 0. The Balaban J connectivity index is 1.85. The first-order valence-corrected chi connectivity index (χ1v) is 9.07. The highest BCUT2D eigenvalue weighted by Crippen LogP contribution is 2.30. The summed E-state index contributed by atoms with van der Waals surface area (Å²) in [5.74, 6) is 0.326. The van der Waals surface area contributed by atoms with Crippen LogP contribution in [-0.4, -0.2) is 47.6 Å². The Kier molecular flexibility index (Phi) is 6.04. The van der Waals surface area contributed by atoms with Crippen LogP contribution in [0.25, 0.3) is 22.5 Å². The first-order valence-electron chi connectivity index (χ1n) is 9.07. The molecule has 1 unspecified atom stereocenters. The van der Waals surface area contributed by atoms with Gasteiger partial charge in [-0.3, -0.25) is 4.79 Å². The van der Waals surface area contributed by atoms with Crippen LogP contribution in [0.1, 0.15) is 12.7 Å². The first kappa shape index (κ1) is 18.9. The molecule has 5 nitrogen and oxygen atoms in total. The van der Waals surface area contributed by atoms with Crippen LogP contribution in [0.5, 0.6) is 0 Å². The standard InChI is InChI=1S/C22H25N3O2/c1-16(15-25(2)3)27-20(26)14-19-23-21(17-10-6-4-7-11-17)22(24-19)18-12-8-5-9-13-18/h4-13,16H,14-15H2,1-3H3,(H,23,24). The zero-order valence-electron chi connectivity index (χ0n) is 16.0. The second kappa shape index (κ2) is 8.64. The maximum atomic E-state index is 12.3. The van der Waals surface area contributed by atoms with Gasteiger partial charge in [0, 0.05) is 17.7 Å². The maximum Gasteiger partial charge on any atom is 0.313 e. The molecule has 140 valence electrons. The molecule has 1 atom stereocenters. The van der Waals surface area contributed by atoms with Gasteiger partial charge in [0.1, 0.15) is 18.3 Å². The number of nitrogens with one attached hydrogen (secondary N) is 1. The number of carbonyl (C=O) groups excluding carboxylic acids is 1. The second-order valence-corrected chi connectivity index (χ2v) is 6.88. The van der Waals surface area contributed by atoms with Crippen LogP contribution in [0.2, 0.25) is 0 Å². The van der Waals surface area contributed by atoms with E-state index in [2.05, 4.69) is 4.98 Å². The molecule has 0 spiro atoms. The zero-order valence-corrected chi connectivity index (χ0v) is 16.0. The van der Waals surface area contributed by atoms with Crippen molar-refractivity contribution in [1.82, 2.24) is 14.9 Å². The average Bonchev–Trinajstić information content (AvgIpc) is 3.06. The van der Waals surface area contributed by atoms with E-state index in [1.165, 1.54) is 0 Å². The largest absolute Gasteiger partial charge is 0.461 e. The highest BCUT2D eigenvalue weighted by molar-refractivity contribution is 5.79. The molecule has 0 aliphatic heterocycles. The molecular formula is C22H25N3O2. The first-order chi connectivity index (χ1) is 13.0. The highest BCUT2D eigenvalue weighted by Gasteiger charge is 2.17. The molecule has 1 aromatic heterocycles. The number of ether oxygens (including phenoxy) is 1. The van der Waals surface area contributed by atoms with Crippen LogP contribution in [0.3, 0.4) is 0 Å². The van der Waals surface area contributed by atoms with Crippen molar-refractivity contribution in [2.24, 2.45) is 0 Å². The third-order valence-corrected chi connectivity index (χ3v) is 4.13. The van der Waals surface area contributed by atoms with E-state index in [1.807, 2.05) is 86.6 Å². The molecular weight excluding hydrogens is 338 g/mol. The molecule has 27 heavy (non-hydrogen) atoms. The summed E-state index contributed by atoms with van der Waals surface area (Å²) in [6, 6.07) is 20.0. The van der Waals surface area contributed by atoms with Crippen molar-refractivity contribution in [3.63, 3.8) is 0 Å². The minimum Gasteiger partial charge on any atom is -0.461 e. The molecule has 3 aromatic rings. The fourth-order valence-electron chi connectivity index (χ4n) is 3.08. The number of esters is 1. The van der Waals surface area contributed by atoms with E-state index in [1.54, 1.807) is 0 Å². The topological polar surface area (TPSA) is 58.2 Å². The fraction of sp³-hybridized carbons (Fsp3) is 0.273. The number of H-pyrrole nitrogens is 1. The lowest BCUT2D eigenvalue weighted by atomic mass is 10.1. The summed E-state index contributed by atoms with van der Waals surface area (Å²) < 4.78 is 5.49. The summed E-state index contributed by atoms with van der Waals surface area (Å²) in [6.07, 6.45) is -0.0468. The van der Waals surface area contributed by atoms with Crippen LogP contribution < -0.4 is 0 Å². The Hall–Kier alpha value is -2.92. The van der Waals surface area contributed by atoms with Crippen LogP contribution >= 0.6 is 0 Å². The molecule has 0 saturated heterocycles. The van der Waals surface area contributed by atoms with Gasteiger partial charge in [-0.15, -0.1) is 0 Å². The smallest absolute Gasteiger partial charge is 0.313 e. The number of aromatic amines is 1. The number of imidazole rings is 1. The van der Waals surface area contributed by atoms with Crippen LogP contribution in [0, 0.1) is 0 Å². The third kappa shape index (κ3) is 5.05. The van der Waals surface area contributed by atoms with E-state index in [4.69, 9.17) is 9.72 Å². The normalized spacial score (nSPS) is 12.1. The lowest BCUT2D eigenvalue weighted by molar-refractivity contribution is -0.148. The summed E-state index contributed by atoms with van der Waals surface area (Å²) in [7, 11) is 3.91. The Labute approximate surface area is 160 Å². The van der Waals surface area contributed by atoms with Crippen molar-refractivity contribution in [2.45, 2.75) is 19.4 Å². The number of benzene rings is 2. The van der Waals surface area contributed by atoms with Crippen molar-refractivity contribution < 1.29 is 9.53 Å². The van der Waals surface area contributed by atoms with Crippen LogP contribution in [-0.2, 0) is 16.0 Å². The van der Waals surface area contributed by atoms with Gasteiger partial charge in [0.2, 0.25) is 0 Å². The van der Waals surface area contributed by atoms with Gasteiger partial charge in [0.15, 0.2) is 0 Å². The van der Waals surface area contributed by atoms with Gasteiger partial charge in [-0.05, 0) is 21.0 Å². The van der Waals surface area contributed by atoms with Gasteiger partial charge in [-0.2, -0.15) is 0 Å². The SMILES string of the molecule is CC(CN(C)C)OC(=O)Cc1nc(-c2ccccc2)c(-c2ccccc2)[nH]1. The van der Waals surface area contributed by atoms with Gasteiger partial charge in [0.25, 0.3) is 0 Å². The number of nitrogens with zero attached hydrogens (tertiary/aromatic N) is 2. The summed E-state index contributed by atoms with van der Waals surface area (Å²) in [6.45, 7) is 2.58. The van der Waals surface area contributed by atoms with Crippen LogP contribution in [0.4, 0.5) is 0 Å². The molecule has 0 aliphatic rings. The summed E-state index contributed by atoms with van der Waals surface area (Å²) >= 11 is 0. The lowest BCUT2D eigenvalue weighted by Crippen LogP contribution is -2.28. The molecule has 1 N–H and O–H groups in total. The van der Waals surface area contributed by atoms with Gasteiger partial charge < -0.3 is 14.6 Å². The second-order valence-electron chi connectivity index (χ2n) is 6.88. The monoisotopic (exact) mass is 363 g/mol. The molecule has 2 aromatic carbocycles. The minimum absolute atomic E-state index is 0.116. The Morgan fingerprint density at radius 2 is 1.63 bits per heavy atom. The highest BCUT2D eigenvalue weighted by atomic mass is 16.5. The molecule has 3 rings (SSSR count). The molecule has 0 aliphatic carbocycles. The number of carbonyl (C=O) groups is 1. The van der Waals surface area contributed by atoms with Crippen molar-refractivity contribution in [3.05, 3.63) is 66.5 Å². The van der Waals surface area contributed by atoms with Crippen molar-refractivity contribution in [3.8, 4) is 22.5 Å². The number of hydrogen-bond acceptors (Lipinski definition) is 4. The molecule has 5 heteroatoms. The minimum atomic E-state index is -0.280. The molecule has 1 heterocycles. The number of aromatic nitrogens is 2. The van der Waals surface area contributed by atoms with E-state index >= 15 is 0 Å². The predicted octanol–water partition coefficient (Wildman–Crippen LogP) is 3.78. The molecule has 0 radical (unpaired) electrons. The quantitative estimate of drug-likeness (QED) is 0.649. The van der Waals surface area contributed by atoms with Gasteiger partial charge in [-0.25, -0.2) is 4.98 Å². The Morgan fingerprint density at radius 1 is 1.04 bits per heavy atom. The predicted molar refractivity (Wildman–Crippen MR) is 107 cm³/mol. The van der Waals surface area contributed by atoms with E-state index in [-0.39, 0.29) is 18.5 Å². The van der Waals surface area contributed by atoms with E-state index in [0.717, 1.165) is 22.5 Å². The van der Waals surface area contributed by atoms with E-state index in [0.29, 0.717) is 12.4 Å². The molecule has 0 amide bonds. The van der Waals surface area contributed by atoms with Gasteiger partial charge >= 0.3 is 5.97 Å². The number of hydrogen-bond donors (Lipinski definition) is 1.